The number of amides is 2. The van der Waals surface area contributed by atoms with E-state index in [9.17, 15) is 9.59 Å². The first-order valence-corrected chi connectivity index (χ1v) is 17.1. The van der Waals surface area contributed by atoms with Crippen molar-refractivity contribution in [1.29, 1.82) is 0 Å². The average molecular weight is 657 g/mol. The minimum Gasteiger partial charge on any atom is -0.453 e. The van der Waals surface area contributed by atoms with Gasteiger partial charge in [0.25, 0.3) is 0 Å². The van der Waals surface area contributed by atoms with Gasteiger partial charge in [0.1, 0.15) is 17.7 Å². The SMILES string of the molecule is COC(=O)N[C@H](C(=O)N1CCC[C@H]1c1nc2ccc3cc(-c4ccc5cc(-c6cnc([C@@H]7CCCN7)[nH]6)ccc5n4)ccc3c2[nH]1)C(C)C. The Morgan fingerprint density at radius 3 is 2.53 bits per heavy atom. The number of ether oxygens (including phenoxy) is 1. The highest BCUT2D eigenvalue weighted by molar-refractivity contribution is 6.05. The Hall–Kier alpha value is -5.29. The molecule has 6 aromatic rings. The maximum Gasteiger partial charge on any atom is 0.407 e. The van der Waals surface area contributed by atoms with Gasteiger partial charge in [0.05, 0.1) is 53.3 Å². The Morgan fingerprint density at radius 2 is 1.71 bits per heavy atom. The second-order valence-electron chi connectivity index (χ2n) is 13.5. The van der Waals surface area contributed by atoms with Gasteiger partial charge in [0, 0.05) is 28.4 Å². The number of carbonyl (C=O) groups is 2. The number of benzene rings is 3. The lowest BCUT2D eigenvalue weighted by Gasteiger charge is -2.29. The predicted molar refractivity (Wildman–Crippen MR) is 190 cm³/mol. The molecule has 3 atom stereocenters. The number of nitrogens with zero attached hydrogens (tertiary/aromatic N) is 4. The van der Waals surface area contributed by atoms with Crippen molar-refractivity contribution < 1.29 is 14.3 Å². The largest absolute Gasteiger partial charge is 0.453 e. The Kier molecular flexibility index (Phi) is 7.99. The molecule has 0 saturated carbocycles. The molecule has 0 aliphatic carbocycles. The van der Waals surface area contributed by atoms with E-state index in [1.54, 1.807) is 0 Å². The fourth-order valence-corrected chi connectivity index (χ4v) is 7.37. The zero-order valence-electron chi connectivity index (χ0n) is 27.9. The summed E-state index contributed by atoms with van der Waals surface area (Å²) >= 11 is 0. The first kappa shape index (κ1) is 31.0. The molecule has 4 N–H and O–H groups in total. The van der Waals surface area contributed by atoms with E-state index in [1.807, 2.05) is 31.0 Å². The van der Waals surface area contributed by atoms with E-state index in [2.05, 4.69) is 80.2 Å². The highest BCUT2D eigenvalue weighted by Gasteiger charge is 2.37. The Bertz CT molecular complexity index is 2200. The van der Waals surface area contributed by atoms with Crippen LogP contribution in [0.15, 0.2) is 66.9 Å². The van der Waals surface area contributed by atoms with Crippen LogP contribution in [0.2, 0.25) is 0 Å². The van der Waals surface area contributed by atoms with E-state index in [-0.39, 0.29) is 17.9 Å². The lowest BCUT2D eigenvalue weighted by molar-refractivity contribution is -0.135. The summed E-state index contributed by atoms with van der Waals surface area (Å²) in [5.41, 5.74) is 6.77. The molecule has 2 aliphatic rings. The van der Waals surface area contributed by atoms with E-state index in [0.717, 1.165) is 92.7 Å². The number of fused-ring (bicyclic) bond motifs is 4. The van der Waals surface area contributed by atoms with Crippen molar-refractivity contribution in [3.05, 3.63) is 78.5 Å². The van der Waals surface area contributed by atoms with Crippen LogP contribution in [0.25, 0.3) is 55.2 Å². The van der Waals surface area contributed by atoms with Crippen LogP contribution < -0.4 is 10.6 Å². The Balaban J connectivity index is 1.05. The molecular formula is C38H40N8O3. The van der Waals surface area contributed by atoms with Crippen LogP contribution in [0.4, 0.5) is 4.79 Å². The molecule has 250 valence electrons. The lowest BCUT2D eigenvalue weighted by Crippen LogP contribution is -2.51. The van der Waals surface area contributed by atoms with Crippen molar-refractivity contribution in [1.82, 2.24) is 40.5 Å². The van der Waals surface area contributed by atoms with Crippen LogP contribution in [0.1, 0.15) is 63.3 Å². The van der Waals surface area contributed by atoms with Gasteiger partial charge >= 0.3 is 6.09 Å². The second kappa shape index (κ2) is 12.6. The van der Waals surface area contributed by atoms with Gasteiger partial charge in [-0.15, -0.1) is 0 Å². The fourth-order valence-electron chi connectivity index (χ4n) is 7.37. The summed E-state index contributed by atoms with van der Waals surface area (Å²) in [5.74, 6) is 1.55. The molecule has 2 fully saturated rings. The quantitative estimate of drug-likeness (QED) is 0.148. The van der Waals surface area contributed by atoms with E-state index in [1.165, 1.54) is 13.5 Å². The molecule has 3 aromatic carbocycles. The van der Waals surface area contributed by atoms with E-state index >= 15 is 0 Å². The van der Waals surface area contributed by atoms with Crippen LogP contribution in [0, 0.1) is 5.92 Å². The number of hydrogen-bond donors (Lipinski definition) is 4. The van der Waals surface area contributed by atoms with Gasteiger partial charge in [-0.2, -0.15) is 0 Å². The highest BCUT2D eigenvalue weighted by Crippen LogP contribution is 2.35. The van der Waals surface area contributed by atoms with Crippen LogP contribution in [-0.4, -0.2) is 68.1 Å². The summed E-state index contributed by atoms with van der Waals surface area (Å²) in [6.45, 7) is 5.48. The van der Waals surface area contributed by atoms with Gasteiger partial charge in [-0.1, -0.05) is 44.2 Å². The number of carbonyl (C=O) groups excluding carboxylic acids is 2. The van der Waals surface area contributed by atoms with E-state index < -0.39 is 12.1 Å². The number of rotatable bonds is 7. The predicted octanol–water partition coefficient (Wildman–Crippen LogP) is 6.79. The zero-order chi connectivity index (χ0) is 33.6. The molecule has 0 radical (unpaired) electrons. The standard InChI is InChI=1S/C38H40N8O3/c1-21(2)33(45-38(48)49-3)37(47)46-17-5-7-32(46)36-42-29-15-9-22-18-23(8-12-26(22)34(29)44-36)27-13-10-24-19-25(11-14-28(24)41-27)31-20-40-35(43-31)30-6-4-16-39-30/h8-15,18-21,30,32-33,39H,4-7,16-17H2,1-3H3,(H,40,43)(H,42,44)(H,45,48)/t30-,32-,33-/m0/s1. The summed E-state index contributed by atoms with van der Waals surface area (Å²) in [7, 11) is 1.30. The number of alkyl carbamates (subject to hydrolysis) is 1. The van der Waals surface area contributed by atoms with E-state index in [4.69, 9.17) is 14.7 Å². The number of nitrogens with one attached hydrogen (secondary N) is 4. The Labute approximate surface area is 283 Å². The van der Waals surface area contributed by atoms with Crippen molar-refractivity contribution in [3.8, 4) is 22.5 Å². The first-order chi connectivity index (χ1) is 23.9. The Morgan fingerprint density at radius 1 is 0.898 bits per heavy atom. The average Bonchev–Trinajstić information content (AvgIpc) is 3.95. The molecule has 3 aromatic heterocycles. The summed E-state index contributed by atoms with van der Waals surface area (Å²) in [5, 5.41) is 9.43. The first-order valence-electron chi connectivity index (χ1n) is 17.1. The van der Waals surface area contributed by atoms with Crippen molar-refractivity contribution in [2.45, 2.75) is 57.7 Å². The van der Waals surface area contributed by atoms with Crippen LogP contribution in [-0.2, 0) is 9.53 Å². The van der Waals surface area contributed by atoms with Crippen LogP contribution >= 0.6 is 0 Å². The minimum atomic E-state index is -0.675. The molecule has 11 heteroatoms. The van der Waals surface area contributed by atoms with Crippen molar-refractivity contribution in [2.75, 3.05) is 20.2 Å². The number of aromatic amines is 2. The smallest absolute Gasteiger partial charge is 0.407 e. The topological polar surface area (TPSA) is 141 Å². The number of hydrogen-bond acceptors (Lipinski definition) is 7. The summed E-state index contributed by atoms with van der Waals surface area (Å²) < 4.78 is 4.78. The van der Waals surface area contributed by atoms with Gasteiger partial charge < -0.3 is 30.2 Å². The number of pyridine rings is 1. The number of H-pyrrole nitrogens is 2. The van der Waals surface area contributed by atoms with Gasteiger partial charge in [-0.25, -0.2) is 19.7 Å². The van der Waals surface area contributed by atoms with Crippen LogP contribution in [0.3, 0.4) is 0 Å². The van der Waals surface area contributed by atoms with Gasteiger partial charge in [-0.05, 0) is 73.9 Å². The summed E-state index contributed by atoms with van der Waals surface area (Å²) in [6, 6.07) is 20.5. The third-order valence-electron chi connectivity index (χ3n) is 10.0. The molecule has 0 unspecified atom stereocenters. The molecular weight excluding hydrogens is 616 g/mol. The molecule has 49 heavy (non-hydrogen) atoms. The number of aromatic nitrogens is 5. The number of likely N-dealkylation sites (tertiary alicyclic amines) is 1. The number of methoxy groups -OCH3 is 1. The summed E-state index contributed by atoms with van der Waals surface area (Å²) in [6.07, 6.45) is 5.26. The lowest BCUT2D eigenvalue weighted by atomic mass is 10.0. The molecule has 8 rings (SSSR count). The zero-order valence-corrected chi connectivity index (χ0v) is 27.9. The van der Waals surface area contributed by atoms with Crippen molar-refractivity contribution in [2.24, 2.45) is 5.92 Å². The van der Waals surface area contributed by atoms with Gasteiger partial charge in [0.2, 0.25) is 5.91 Å². The highest BCUT2D eigenvalue weighted by atomic mass is 16.5. The molecule has 2 aliphatic heterocycles. The minimum absolute atomic E-state index is 0.0920. The van der Waals surface area contributed by atoms with Crippen molar-refractivity contribution >= 4 is 44.7 Å². The maximum absolute atomic E-state index is 13.6. The molecule has 0 spiro atoms. The van der Waals surface area contributed by atoms with Gasteiger partial charge in [0.15, 0.2) is 0 Å². The van der Waals surface area contributed by atoms with E-state index in [0.29, 0.717) is 12.6 Å². The maximum atomic E-state index is 13.6. The number of imidazole rings is 2. The normalized spacial score (nSPS) is 18.6. The molecule has 2 saturated heterocycles. The van der Waals surface area contributed by atoms with Gasteiger partial charge in [-0.3, -0.25) is 4.79 Å². The fraction of sp³-hybridized carbons (Fsp3) is 0.342. The van der Waals surface area contributed by atoms with Crippen LogP contribution in [0.5, 0.6) is 0 Å². The molecule has 11 nitrogen and oxygen atoms in total. The molecule has 5 heterocycles. The molecule has 0 bridgehead atoms. The molecule has 2 amide bonds. The third kappa shape index (κ3) is 5.78. The third-order valence-corrected chi connectivity index (χ3v) is 10.0. The second-order valence-corrected chi connectivity index (χ2v) is 13.5. The monoisotopic (exact) mass is 656 g/mol. The summed E-state index contributed by atoms with van der Waals surface area (Å²) in [4.78, 5) is 49.1. The van der Waals surface area contributed by atoms with Crippen molar-refractivity contribution in [3.63, 3.8) is 0 Å².